The summed E-state index contributed by atoms with van der Waals surface area (Å²) in [5.41, 5.74) is 3.50. The molecule has 0 aliphatic heterocycles. The molecule has 0 aliphatic rings. The number of carbonyl (C=O) groups excluding carboxylic acids is 1. The van der Waals surface area contributed by atoms with E-state index in [4.69, 9.17) is 0 Å². The number of benzene rings is 1. The van der Waals surface area contributed by atoms with Gasteiger partial charge in [0, 0.05) is 23.9 Å². The van der Waals surface area contributed by atoms with E-state index in [9.17, 15) is 4.79 Å². The number of carbonyl (C=O) groups is 1. The highest BCUT2D eigenvalue weighted by atomic mass is 32.1. The van der Waals surface area contributed by atoms with Crippen LogP contribution in [-0.4, -0.2) is 16.9 Å². The SMILES string of the molecule is CC(=O)N[C@H](C)CCc1ccc(-c2csc(C)n2)cc1. The van der Waals surface area contributed by atoms with Gasteiger partial charge in [0.05, 0.1) is 10.7 Å². The average Bonchev–Trinajstić information content (AvgIpc) is 2.83. The second-order valence-electron chi connectivity index (χ2n) is 5.09. The molecule has 0 radical (unpaired) electrons. The Hall–Kier alpha value is -1.68. The maximum absolute atomic E-state index is 11.0. The minimum atomic E-state index is 0.0340. The van der Waals surface area contributed by atoms with Crippen molar-refractivity contribution in [2.75, 3.05) is 0 Å². The van der Waals surface area contributed by atoms with Gasteiger partial charge in [0.25, 0.3) is 0 Å². The molecule has 0 unspecified atom stereocenters. The van der Waals surface area contributed by atoms with E-state index < -0.39 is 0 Å². The van der Waals surface area contributed by atoms with Crippen molar-refractivity contribution in [3.63, 3.8) is 0 Å². The Morgan fingerprint density at radius 1 is 1.35 bits per heavy atom. The highest BCUT2D eigenvalue weighted by molar-refractivity contribution is 7.09. The van der Waals surface area contributed by atoms with Gasteiger partial charge < -0.3 is 5.32 Å². The molecule has 1 N–H and O–H groups in total. The fourth-order valence-electron chi connectivity index (χ4n) is 2.14. The van der Waals surface area contributed by atoms with Crippen LogP contribution in [0, 0.1) is 6.92 Å². The molecule has 0 bridgehead atoms. The molecule has 2 aromatic rings. The number of rotatable bonds is 5. The van der Waals surface area contributed by atoms with Crippen molar-refractivity contribution < 1.29 is 4.79 Å². The first-order valence-corrected chi connectivity index (χ1v) is 7.71. The van der Waals surface area contributed by atoms with Crippen molar-refractivity contribution >= 4 is 17.2 Å². The standard InChI is InChI=1S/C16H20N2OS/c1-11(17-12(2)19)4-5-14-6-8-15(9-7-14)16-10-20-13(3)18-16/h6-11H,4-5H2,1-3H3,(H,17,19)/t11-/m1/s1. The summed E-state index contributed by atoms with van der Waals surface area (Å²) in [6.07, 6.45) is 1.92. The molecule has 1 heterocycles. The van der Waals surface area contributed by atoms with E-state index >= 15 is 0 Å². The molecular weight excluding hydrogens is 268 g/mol. The molecule has 1 amide bonds. The fourth-order valence-corrected chi connectivity index (χ4v) is 2.76. The summed E-state index contributed by atoms with van der Waals surface area (Å²) in [6.45, 7) is 5.61. The van der Waals surface area contributed by atoms with Crippen LogP contribution in [0.4, 0.5) is 0 Å². The van der Waals surface area contributed by atoms with Crippen LogP contribution in [0.1, 0.15) is 30.8 Å². The Morgan fingerprint density at radius 2 is 2.05 bits per heavy atom. The second-order valence-corrected chi connectivity index (χ2v) is 6.15. The van der Waals surface area contributed by atoms with E-state index in [1.54, 1.807) is 18.3 Å². The van der Waals surface area contributed by atoms with Gasteiger partial charge in [-0.3, -0.25) is 4.79 Å². The topological polar surface area (TPSA) is 42.0 Å². The van der Waals surface area contributed by atoms with Crippen LogP contribution in [0.25, 0.3) is 11.3 Å². The monoisotopic (exact) mass is 288 g/mol. The maximum Gasteiger partial charge on any atom is 0.217 e. The van der Waals surface area contributed by atoms with Crippen molar-refractivity contribution in [3.05, 3.63) is 40.2 Å². The highest BCUT2D eigenvalue weighted by Crippen LogP contribution is 2.22. The van der Waals surface area contributed by atoms with Gasteiger partial charge in [-0.05, 0) is 32.3 Å². The minimum absolute atomic E-state index is 0.0340. The first-order chi connectivity index (χ1) is 9.54. The smallest absolute Gasteiger partial charge is 0.217 e. The summed E-state index contributed by atoms with van der Waals surface area (Å²) in [5.74, 6) is 0.0340. The molecule has 3 nitrogen and oxygen atoms in total. The van der Waals surface area contributed by atoms with Crippen LogP contribution in [0.15, 0.2) is 29.6 Å². The van der Waals surface area contributed by atoms with Gasteiger partial charge in [0.15, 0.2) is 0 Å². The number of nitrogens with zero attached hydrogens (tertiary/aromatic N) is 1. The summed E-state index contributed by atoms with van der Waals surface area (Å²) in [6, 6.07) is 8.74. The maximum atomic E-state index is 11.0. The zero-order valence-electron chi connectivity index (χ0n) is 12.1. The van der Waals surface area contributed by atoms with Gasteiger partial charge in [-0.25, -0.2) is 4.98 Å². The van der Waals surface area contributed by atoms with Crippen LogP contribution in [0.3, 0.4) is 0 Å². The predicted octanol–water partition coefficient (Wildman–Crippen LogP) is 3.58. The van der Waals surface area contributed by atoms with Crippen LogP contribution < -0.4 is 5.32 Å². The minimum Gasteiger partial charge on any atom is -0.354 e. The van der Waals surface area contributed by atoms with Gasteiger partial charge in [0.2, 0.25) is 5.91 Å². The summed E-state index contributed by atoms with van der Waals surface area (Å²) in [7, 11) is 0. The Labute approximate surface area is 124 Å². The van der Waals surface area contributed by atoms with Crippen molar-refractivity contribution in [1.29, 1.82) is 0 Å². The first-order valence-electron chi connectivity index (χ1n) is 6.83. The van der Waals surface area contributed by atoms with E-state index in [1.165, 1.54) is 5.56 Å². The van der Waals surface area contributed by atoms with Crippen molar-refractivity contribution in [2.24, 2.45) is 0 Å². The van der Waals surface area contributed by atoms with Gasteiger partial charge in [-0.2, -0.15) is 0 Å². The lowest BCUT2D eigenvalue weighted by molar-refractivity contribution is -0.119. The molecule has 1 atom stereocenters. The summed E-state index contributed by atoms with van der Waals surface area (Å²) >= 11 is 1.67. The molecule has 0 fully saturated rings. The molecule has 0 aliphatic carbocycles. The molecular formula is C16H20N2OS. The number of thiazole rings is 1. The highest BCUT2D eigenvalue weighted by Gasteiger charge is 2.05. The molecule has 20 heavy (non-hydrogen) atoms. The molecule has 1 aromatic carbocycles. The normalized spacial score (nSPS) is 12.2. The average molecular weight is 288 g/mol. The van der Waals surface area contributed by atoms with Crippen LogP contribution >= 0.6 is 11.3 Å². The molecule has 4 heteroatoms. The van der Waals surface area contributed by atoms with Crippen LogP contribution in [-0.2, 0) is 11.2 Å². The number of aryl methyl sites for hydroxylation is 2. The summed E-state index contributed by atoms with van der Waals surface area (Å²) in [4.78, 5) is 15.4. The van der Waals surface area contributed by atoms with E-state index in [0.29, 0.717) is 0 Å². The van der Waals surface area contributed by atoms with Gasteiger partial charge >= 0.3 is 0 Å². The van der Waals surface area contributed by atoms with Gasteiger partial charge in [-0.15, -0.1) is 11.3 Å². The van der Waals surface area contributed by atoms with E-state index in [1.807, 2.05) is 13.8 Å². The zero-order valence-corrected chi connectivity index (χ0v) is 13.0. The Morgan fingerprint density at radius 3 is 2.60 bits per heavy atom. The Balaban J connectivity index is 1.93. The quantitative estimate of drug-likeness (QED) is 0.913. The van der Waals surface area contributed by atoms with Crippen LogP contribution in [0.5, 0.6) is 0 Å². The Kier molecular flexibility index (Phi) is 4.90. The number of hydrogen-bond acceptors (Lipinski definition) is 3. The number of hydrogen-bond donors (Lipinski definition) is 1. The van der Waals surface area contributed by atoms with E-state index in [0.717, 1.165) is 29.1 Å². The zero-order chi connectivity index (χ0) is 14.5. The third kappa shape index (κ3) is 4.17. The van der Waals surface area contributed by atoms with E-state index in [-0.39, 0.29) is 11.9 Å². The lowest BCUT2D eigenvalue weighted by atomic mass is 10.0. The summed E-state index contributed by atoms with van der Waals surface area (Å²) < 4.78 is 0. The lowest BCUT2D eigenvalue weighted by Crippen LogP contribution is -2.30. The molecule has 2 rings (SSSR count). The third-order valence-electron chi connectivity index (χ3n) is 3.18. The molecule has 0 saturated heterocycles. The number of amides is 1. The Bertz CT molecular complexity index is 574. The largest absolute Gasteiger partial charge is 0.354 e. The summed E-state index contributed by atoms with van der Waals surface area (Å²) in [5, 5.41) is 6.08. The predicted molar refractivity (Wildman–Crippen MR) is 83.9 cm³/mol. The molecule has 0 spiro atoms. The number of aromatic nitrogens is 1. The second kappa shape index (κ2) is 6.66. The molecule has 1 aromatic heterocycles. The van der Waals surface area contributed by atoms with Crippen molar-refractivity contribution in [3.8, 4) is 11.3 Å². The fraction of sp³-hybridized carbons (Fsp3) is 0.375. The first kappa shape index (κ1) is 14.7. The third-order valence-corrected chi connectivity index (χ3v) is 3.96. The number of nitrogens with one attached hydrogen (secondary N) is 1. The van der Waals surface area contributed by atoms with Gasteiger partial charge in [0.1, 0.15) is 0 Å². The van der Waals surface area contributed by atoms with Gasteiger partial charge in [-0.1, -0.05) is 24.3 Å². The molecule has 106 valence electrons. The lowest BCUT2D eigenvalue weighted by Gasteiger charge is -2.12. The van der Waals surface area contributed by atoms with Crippen LogP contribution in [0.2, 0.25) is 0 Å². The van der Waals surface area contributed by atoms with Crippen molar-refractivity contribution in [2.45, 2.75) is 39.7 Å². The van der Waals surface area contributed by atoms with Crippen molar-refractivity contribution in [1.82, 2.24) is 10.3 Å². The molecule has 0 saturated carbocycles. The van der Waals surface area contributed by atoms with E-state index in [2.05, 4.69) is 39.9 Å².